The van der Waals surface area contributed by atoms with Crippen molar-refractivity contribution in [1.82, 2.24) is 24.4 Å². The van der Waals surface area contributed by atoms with E-state index in [9.17, 15) is 22.8 Å². The van der Waals surface area contributed by atoms with Gasteiger partial charge in [-0.25, -0.2) is 9.50 Å². The highest BCUT2D eigenvalue weighted by molar-refractivity contribution is 6.01. The van der Waals surface area contributed by atoms with Crippen LogP contribution in [0.15, 0.2) is 42.7 Å². The Bertz CT molecular complexity index is 1120. The van der Waals surface area contributed by atoms with E-state index in [2.05, 4.69) is 10.1 Å². The quantitative estimate of drug-likeness (QED) is 0.643. The zero-order valence-electron chi connectivity index (χ0n) is 16.1. The normalized spacial score (nSPS) is 14.9. The number of aromatic nitrogens is 3. The molecular weight excluding hydrogens is 399 g/mol. The lowest BCUT2D eigenvalue weighted by Gasteiger charge is -2.34. The molecule has 1 saturated heterocycles. The van der Waals surface area contributed by atoms with Gasteiger partial charge in [-0.15, -0.1) is 0 Å². The molecule has 3 heterocycles. The minimum Gasteiger partial charge on any atom is -0.335 e. The van der Waals surface area contributed by atoms with Crippen molar-refractivity contribution < 1.29 is 22.8 Å². The lowest BCUT2D eigenvalue weighted by atomic mass is 10.1. The largest absolute Gasteiger partial charge is 0.416 e. The van der Waals surface area contributed by atoms with Crippen LogP contribution in [0.1, 0.15) is 32.0 Å². The molecule has 2 aromatic heterocycles. The minimum absolute atomic E-state index is 0.0210. The third-order valence-corrected chi connectivity index (χ3v) is 5.08. The van der Waals surface area contributed by atoms with Crippen molar-refractivity contribution in [1.29, 1.82) is 0 Å². The molecule has 0 N–H and O–H groups in total. The standard InChI is InChI=1S/C20H18F3N5O2/c1-13-16(17-24-6-3-7-28(17)25-13)19(30)27-10-8-26(9-11-27)18(29)14-4-2-5-15(12-14)20(21,22)23/h2-7,12H,8-11H2,1H3. The second-order valence-electron chi connectivity index (χ2n) is 7.01. The van der Waals surface area contributed by atoms with Gasteiger partial charge in [0.15, 0.2) is 5.65 Å². The summed E-state index contributed by atoms with van der Waals surface area (Å²) in [5.74, 6) is -0.714. The summed E-state index contributed by atoms with van der Waals surface area (Å²) >= 11 is 0. The number of alkyl halides is 3. The number of carbonyl (C=O) groups is 2. The van der Waals surface area contributed by atoms with E-state index < -0.39 is 17.6 Å². The number of benzene rings is 1. The predicted octanol–water partition coefficient (Wildman–Crippen LogP) is 2.65. The fraction of sp³-hybridized carbons (Fsp3) is 0.300. The molecule has 0 aliphatic carbocycles. The summed E-state index contributed by atoms with van der Waals surface area (Å²) in [6.45, 7) is 2.73. The van der Waals surface area contributed by atoms with Crippen molar-refractivity contribution in [3.63, 3.8) is 0 Å². The van der Waals surface area contributed by atoms with E-state index in [0.29, 0.717) is 16.9 Å². The predicted molar refractivity (Wildman–Crippen MR) is 101 cm³/mol. The first-order valence-electron chi connectivity index (χ1n) is 9.31. The van der Waals surface area contributed by atoms with Crippen molar-refractivity contribution in [3.8, 4) is 0 Å². The first-order chi connectivity index (χ1) is 14.3. The van der Waals surface area contributed by atoms with Gasteiger partial charge in [-0.2, -0.15) is 18.3 Å². The Morgan fingerprint density at radius 3 is 2.33 bits per heavy atom. The molecule has 1 aliphatic rings. The molecule has 1 aliphatic heterocycles. The number of nitrogens with zero attached hydrogens (tertiary/aromatic N) is 5. The average molecular weight is 417 g/mol. The topological polar surface area (TPSA) is 70.8 Å². The zero-order chi connectivity index (χ0) is 21.5. The van der Waals surface area contributed by atoms with Crippen LogP contribution in [0.2, 0.25) is 0 Å². The second-order valence-corrected chi connectivity index (χ2v) is 7.01. The number of fused-ring (bicyclic) bond motifs is 1. The van der Waals surface area contributed by atoms with E-state index in [0.717, 1.165) is 12.1 Å². The number of carbonyl (C=O) groups excluding carboxylic acids is 2. The number of rotatable bonds is 2. The summed E-state index contributed by atoms with van der Waals surface area (Å²) in [5, 5.41) is 4.29. The molecule has 0 bridgehead atoms. The van der Waals surface area contributed by atoms with E-state index in [-0.39, 0.29) is 37.6 Å². The maximum Gasteiger partial charge on any atom is 0.416 e. The molecule has 156 valence electrons. The Kier molecular flexibility index (Phi) is 4.92. The van der Waals surface area contributed by atoms with Gasteiger partial charge in [-0.1, -0.05) is 6.07 Å². The van der Waals surface area contributed by atoms with E-state index >= 15 is 0 Å². The smallest absolute Gasteiger partial charge is 0.335 e. The maximum atomic E-state index is 13.0. The summed E-state index contributed by atoms with van der Waals surface area (Å²) < 4.78 is 40.3. The highest BCUT2D eigenvalue weighted by atomic mass is 19.4. The average Bonchev–Trinajstić information content (AvgIpc) is 3.08. The minimum atomic E-state index is -4.51. The molecule has 1 aromatic carbocycles. The molecule has 10 heteroatoms. The van der Waals surface area contributed by atoms with Crippen LogP contribution in [0.25, 0.3) is 5.65 Å². The van der Waals surface area contributed by atoms with Crippen molar-refractivity contribution in [2.24, 2.45) is 0 Å². The number of halogens is 3. The van der Waals surface area contributed by atoms with Gasteiger partial charge in [0.2, 0.25) is 0 Å². The first kappa shape index (κ1) is 19.9. The fourth-order valence-electron chi connectivity index (χ4n) is 3.53. The molecule has 7 nitrogen and oxygen atoms in total. The SMILES string of the molecule is Cc1nn2cccnc2c1C(=O)N1CCN(C(=O)c2cccc(C(F)(F)F)c2)CC1. The van der Waals surface area contributed by atoms with E-state index in [4.69, 9.17) is 0 Å². The summed E-state index contributed by atoms with van der Waals surface area (Å²) in [7, 11) is 0. The van der Waals surface area contributed by atoms with Crippen LogP contribution in [0.3, 0.4) is 0 Å². The van der Waals surface area contributed by atoms with Gasteiger partial charge in [0.25, 0.3) is 11.8 Å². The molecule has 3 aromatic rings. The van der Waals surface area contributed by atoms with Gasteiger partial charge in [0, 0.05) is 44.1 Å². The van der Waals surface area contributed by atoms with Crippen LogP contribution < -0.4 is 0 Å². The fourth-order valence-corrected chi connectivity index (χ4v) is 3.53. The number of amides is 2. The molecule has 0 saturated carbocycles. The highest BCUT2D eigenvalue weighted by Gasteiger charge is 2.32. The van der Waals surface area contributed by atoms with Crippen molar-refractivity contribution in [2.45, 2.75) is 13.1 Å². The van der Waals surface area contributed by atoms with E-state index in [1.54, 1.807) is 30.3 Å². The van der Waals surface area contributed by atoms with E-state index in [1.807, 2.05) is 0 Å². The van der Waals surface area contributed by atoms with Crippen LogP contribution in [-0.4, -0.2) is 62.4 Å². The zero-order valence-corrected chi connectivity index (χ0v) is 16.1. The van der Waals surface area contributed by atoms with Gasteiger partial charge in [-0.3, -0.25) is 9.59 Å². The molecule has 0 spiro atoms. The Labute approximate surface area is 169 Å². The van der Waals surface area contributed by atoms with Crippen molar-refractivity contribution in [3.05, 3.63) is 65.1 Å². The molecule has 0 unspecified atom stereocenters. The van der Waals surface area contributed by atoms with Crippen LogP contribution >= 0.6 is 0 Å². The van der Waals surface area contributed by atoms with Crippen LogP contribution in [0.4, 0.5) is 13.2 Å². The summed E-state index contributed by atoms with van der Waals surface area (Å²) in [5.41, 5.74) is 0.544. The van der Waals surface area contributed by atoms with Gasteiger partial charge < -0.3 is 9.80 Å². The van der Waals surface area contributed by atoms with Crippen LogP contribution in [0, 0.1) is 6.92 Å². The Morgan fingerprint density at radius 1 is 1.00 bits per heavy atom. The number of piperazine rings is 1. The first-order valence-corrected chi connectivity index (χ1v) is 9.31. The van der Waals surface area contributed by atoms with Crippen molar-refractivity contribution >= 4 is 17.5 Å². The molecule has 2 amide bonds. The number of aryl methyl sites for hydroxylation is 1. The number of hydrogen-bond donors (Lipinski definition) is 0. The Morgan fingerprint density at radius 2 is 1.67 bits per heavy atom. The molecule has 1 fully saturated rings. The lowest BCUT2D eigenvalue weighted by Crippen LogP contribution is -2.50. The summed E-state index contributed by atoms with van der Waals surface area (Å²) in [6.07, 6.45) is -1.22. The van der Waals surface area contributed by atoms with Crippen LogP contribution in [0.5, 0.6) is 0 Å². The van der Waals surface area contributed by atoms with Crippen molar-refractivity contribution in [2.75, 3.05) is 26.2 Å². The van der Waals surface area contributed by atoms with Gasteiger partial charge >= 0.3 is 6.18 Å². The highest BCUT2D eigenvalue weighted by Crippen LogP contribution is 2.30. The summed E-state index contributed by atoms with van der Waals surface area (Å²) in [4.78, 5) is 32.9. The lowest BCUT2D eigenvalue weighted by molar-refractivity contribution is -0.137. The maximum absolute atomic E-state index is 13.0. The third kappa shape index (κ3) is 3.60. The van der Waals surface area contributed by atoms with E-state index in [1.165, 1.54) is 21.5 Å². The molecule has 4 rings (SSSR count). The van der Waals surface area contributed by atoms with Gasteiger partial charge in [-0.05, 0) is 31.2 Å². The number of hydrogen-bond acceptors (Lipinski definition) is 4. The Hall–Kier alpha value is -3.43. The summed E-state index contributed by atoms with van der Waals surface area (Å²) in [6, 6.07) is 6.08. The third-order valence-electron chi connectivity index (χ3n) is 5.08. The molecule has 30 heavy (non-hydrogen) atoms. The Balaban J connectivity index is 1.47. The molecule has 0 radical (unpaired) electrons. The van der Waals surface area contributed by atoms with Gasteiger partial charge in [0.05, 0.1) is 11.3 Å². The van der Waals surface area contributed by atoms with Crippen LogP contribution in [-0.2, 0) is 6.18 Å². The molecular formula is C20H18F3N5O2. The monoisotopic (exact) mass is 417 g/mol. The second kappa shape index (κ2) is 7.43. The molecule has 0 atom stereocenters. The van der Waals surface area contributed by atoms with Gasteiger partial charge in [0.1, 0.15) is 5.56 Å².